The van der Waals surface area contributed by atoms with Crippen LogP contribution in [0.3, 0.4) is 0 Å². The summed E-state index contributed by atoms with van der Waals surface area (Å²) in [6.07, 6.45) is 2.62. The third-order valence-corrected chi connectivity index (χ3v) is 4.01. The highest BCUT2D eigenvalue weighted by Gasteiger charge is 2.47. The summed E-state index contributed by atoms with van der Waals surface area (Å²) in [7, 11) is 1.42. The fraction of sp³-hybridized carbons (Fsp3) is 0.462. The number of anilines is 1. The van der Waals surface area contributed by atoms with Crippen molar-refractivity contribution in [2.45, 2.75) is 11.3 Å². The Bertz CT molecular complexity index is 458. The Hall–Kier alpha value is -1.20. The largest absolute Gasteiger partial charge is 0.468 e. The van der Waals surface area contributed by atoms with E-state index in [0.717, 1.165) is 16.1 Å². The van der Waals surface area contributed by atoms with E-state index in [4.69, 9.17) is 15.2 Å². The van der Waals surface area contributed by atoms with Crippen LogP contribution in [0.4, 0.5) is 5.69 Å². The molecule has 0 aliphatic carbocycles. The van der Waals surface area contributed by atoms with Gasteiger partial charge in [-0.1, -0.05) is 6.07 Å². The molecule has 1 saturated heterocycles. The van der Waals surface area contributed by atoms with Gasteiger partial charge in [0.2, 0.25) is 0 Å². The Morgan fingerprint density at radius 3 is 2.78 bits per heavy atom. The van der Waals surface area contributed by atoms with Gasteiger partial charge in [-0.2, -0.15) is 0 Å². The lowest BCUT2D eigenvalue weighted by atomic mass is 9.80. The molecule has 1 aliphatic heterocycles. The molecule has 0 aromatic heterocycles. The summed E-state index contributed by atoms with van der Waals surface area (Å²) in [6.45, 7) is 0.858. The van der Waals surface area contributed by atoms with Gasteiger partial charge >= 0.3 is 5.97 Å². The Labute approximate surface area is 111 Å². The molecule has 1 aromatic rings. The number of carbonyl (C=O) groups is 1. The predicted octanol–water partition coefficient (Wildman–Crippen LogP) is 1.72. The van der Waals surface area contributed by atoms with Crippen molar-refractivity contribution in [1.82, 2.24) is 0 Å². The molecule has 1 aliphatic rings. The smallest absolute Gasteiger partial charge is 0.316 e. The van der Waals surface area contributed by atoms with Gasteiger partial charge in [0, 0.05) is 10.6 Å². The molecular weight excluding hydrogens is 250 g/mol. The van der Waals surface area contributed by atoms with Crippen molar-refractivity contribution in [2.75, 3.05) is 32.3 Å². The minimum Gasteiger partial charge on any atom is -0.468 e. The molecule has 0 atom stereocenters. The molecule has 4 nitrogen and oxygen atoms in total. The van der Waals surface area contributed by atoms with E-state index >= 15 is 0 Å². The lowest BCUT2D eigenvalue weighted by Gasteiger charge is -2.38. The Morgan fingerprint density at radius 1 is 1.56 bits per heavy atom. The van der Waals surface area contributed by atoms with Crippen LogP contribution < -0.4 is 5.73 Å². The van der Waals surface area contributed by atoms with Gasteiger partial charge in [0.15, 0.2) is 0 Å². The number of ether oxygens (including phenoxy) is 2. The summed E-state index contributed by atoms with van der Waals surface area (Å²) in [5.74, 6) is -0.198. The van der Waals surface area contributed by atoms with Gasteiger partial charge in [-0.25, -0.2) is 0 Å². The summed E-state index contributed by atoms with van der Waals surface area (Å²) >= 11 is 1.60. The number of rotatable bonds is 4. The maximum Gasteiger partial charge on any atom is 0.316 e. The summed E-state index contributed by atoms with van der Waals surface area (Å²) in [6, 6.07) is 5.87. The second-order valence-electron chi connectivity index (χ2n) is 4.52. The number of nitrogen functional groups attached to an aromatic ring is 1. The molecule has 0 unspecified atom stereocenters. The lowest BCUT2D eigenvalue weighted by Crippen LogP contribution is -2.51. The van der Waals surface area contributed by atoms with Crippen LogP contribution in [0.1, 0.15) is 5.56 Å². The summed E-state index contributed by atoms with van der Waals surface area (Å²) in [4.78, 5) is 12.8. The number of carbonyl (C=O) groups excluding carboxylic acids is 1. The van der Waals surface area contributed by atoms with Crippen molar-refractivity contribution in [2.24, 2.45) is 5.41 Å². The van der Waals surface area contributed by atoms with Crippen molar-refractivity contribution in [3.63, 3.8) is 0 Å². The van der Waals surface area contributed by atoms with Crippen LogP contribution in [0.15, 0.2) is 23.1 Å². The van der Waals surface area contributed by atoms with E-state index in [1.54, 1.807) is 11.8 Å². The first-order valence-electron chi connectivity index (χ1n) is 5.70. The fourth-order valence-corrected chi connectivity index (χ4v) is 2.69. The van der Waals surface area contributed by atoms with E-state index < -0.39 is 5.41 Å². The number of methoxy groups -OCH3 is 1. The minimum atomic E-state index is -0.513. The molecule has 2 rings (SSSR count). The highest BCUT2D eigenvalue weighted by Crippen LogP contribution is 2.34. The standard InChI is InChI=1S/C13H17NO3S/c1-16-12(15)13(7-17-8-13)6-9-3-4-10(14)11(5-9)18-2/h3-5H,6-8,14H2,1-2H3. The highest BCUT2D eigenvalue weighted by atomic mass is 32.2. The lowest BCUT2D eigenvalue weighted by molar-refractivity contribution is -0.182. The van der Waals surface area contributed by atoms with Crippen LogP contribution in [0.25, 0.3) is 0 Å². The molecule has 2 N–H and O–H groups in total. The summed E-state index contributed by atoms with van der Waals surface area (Å²) in [5, 5.41) is 0. The van der Waals surface area contributed by atoms with Crippen molar-refractivity contribution in [3.8, 4) is 0 Å². The second kappa shape index (κ2) is 5.20. The molecule has 1 heterocycles. The van der Waals surface area contributed by atoms with E-state index in [0.29, 0.717) is 19.6 Å². The maximum absolute atomic E-state index is 11.8. The third-order valence-electron chi connectivity index (χ3n) is 3.22. The van der Waals surface area contributed by atoms with E-state index in [1.165, 1.54) is 7.11 Å². The Balaban J connectivity index is 2.20. The topological polar surface area (TPSA) is 61.5 Å². The van der Waals surface area contributed by atoms with Crippen molar-refractivity contribution in [3.05, 3.63) is 23.8 Å². The molecule has 98 valence electrons. The Morgan fingerprint density at radius 2 is 2.28 bits per heavy atom. The fourth-order valence-electron chi connectivity index (χ4n) is 2.11. The van der Waals surface area contributed by atoms with Crippen LogP contribution in [0.2, 0.25) is 0 Å². The number of esters is 1. The monoisotopic (exact) mass is 267 g/mol. The SMILES string of the molecule is COC(=O)C1(Cc2ccc(N)c(SC)c2)COC1. The average molecular weight is 267 g/mol. The number of hydrogen-bond acceptors (Lipinski definition) is 5. The highest BCUT2D eigenvalue weighted by molar-refractivity contribution is 7.98. The van der Waals surface area contributed by atoms with Gasteiger partial charge in [0.1, 0.15) is 5.41 Å². The zero-order valence-corrected chi connectivity index (χ0v) is 11.4. The van der Waals surface area contributed by atoms with Crippen LogP contribution in [-0.2, 0) is 20.7 Å². The maximum atomic E-state index is 11.8. The minimum absolute atomic E-state index is 0.198. The number of benzene rings is 1. The molecular formula is C13H17NO3S. The quantitative estimate of drug-likeness (QED) is 0.511. The van der Waals surface area contributed by atoms with Crippen molar-refractivity contribution >= 4 is 23.4 Å². The first-order valence-corrected chi connectivity index (χ1v) is 6.92. The molecule has 0 amide bonds. The Kier molecular flexibility index (Phi) is 3.82. The first kappa shape index (κ1) is 13.2. The van der Waals surface area contributed by atoms with Crippen molar-refractivity contribution < 1.29 is 14.3 Å². The third kappa shape index (κ3) is 2.33. The van der Waals surface area contributed by atoms with Crippen LogP contribution in [-0.4, -0.2) is 32.5 Å². The number of hydrogen-bond donors (Lipinski definition) is 1. The molecule has 0 radical (unpaired) electrons. The number of thioether (sulfide) groups is 1. The molecule has 0 spiro atoms. The normalized spacial score (nSPS) is 17.0. The molecule has 0 saturated carbocycles. The summed E-state index contributed by atoms with van der Waals surface area (Å²) < 4.78 is 10.0. The van der Waals surface area contributed by atoms with Crippen LogP contribution >= 0.6 is 11.8 Å². The molecule has 5 heteroatoms. The predicted molar refractivity (Wildman–Crippen MR) is 71.6 cm³/mol. The van der Waals surface area contributed by atoms with E-state index in [-0.39, 0.29) is 5.97 Å². The van der Waals surface area contributed by atoms with E-state index in [1.807, 2.05) is 24.5 Å². The summed E-state index contributed by atoms with van der Waals surface area (Å²) in [5.41, 5.74) is 7.20. The van der Waals surface area contributed by atoms with Crippen LogP contribution in [0, 0.1) is 5.41 Å². The van der Waals surface area contributed by atoms with Crippen molar-refractivity contribution in [1.29, 1.82) is 0 Å². The van der Waals surface area contributed by atoms with Gasteiger partial charge in [-0.05, 0) is 30.4 Å². The zero-order chi connectivity index (χ0) is 13.2. The van der Waals surface area contributed by atoms with Gasteiger partial charge in [-0.3, -0.25) is 4.79 Å². The zero-order valence-electron chi connectivity index (χ0n) is 10.6. The van der Waals surface area contributed by atoms with Gasteiger partial charge in [0.05, 0.1) is 20.3 Å². The molecule has 1 aromatic carbocycles. The molecule has 0 bridgehead atoms. The van der Waals surface area contributed by atoms with Crippen LogP contribution in [0.5, 0.6) is 0 Å². The van der Waals surface area contributed by atoms with E-state index in [2.05, 4.69) is 0 Å². The molecule has 18 heavy (non-hydrogen) atoms. The number of nitrogens with two attached hydrogens (primary N) is 1. The molecule has 1 fully saturated rings. The van der Waals surface area contributed by atoms with Gasteiger partial charge in [0.25, 0.3) is 0 Å². The van der Waals surface area contributed by atoms with E-state index in [9.17, 15) is 4.79 Å². The van der Waals surface area contributed by atoms with Gasteiger partial charge < -0.3 is 15.2 Å². The van der Waals surface area contributed by atoms with Gasteiger partial charge in [-0.15, -0.1) is 11.8 Å². The second-order valence-corrected chi connectivity index (χ2v) is 5.37. The first-order chi connectivity index (χ1) is 8.61. The average Bonchev–Trinajstić information content (AvgIpc) is 2.34.